The van der Waals surface area contributed by atoms with Gasteiger partial charge >= 0.3 is 5.97 Å². The SMILES string of the molecule is NCCCCC(NC(=O)C1CCCN1C(=O)C(CCC(N)=O)NC(=O)C(N)Cc1ccc(O)cc1)C(=O)O. The molecule has 1 aromatic carbocycles. The number of nitrogens with zero attached hydrogens (tertiary/aromatic N) is 1. The predicted octanol–water partition coefficient (Wildman–Crippen LogP) is -1.30. The van der Waals surface area contributed by atoms with Gasteiger partial charge in [-0.1, -0.05) is 12.1 Å². The van der Waals surface area contributed by atoms with Crippen LogP contribution in [0.15, 0.2) is 24.3 Å². The summed E-state index contributed by atoms with van der Waals surface area (Å²) in [6.45, 7) is 0.631. The lowest BCUT2D eigenvalue weighted by molar-refractivity contribution is -0.145. The normalized spacial score (nSPS) is 17.3. The molecule has 4 amide bonds. The molecule has 1 aliphatic heterocycles. The fourth-order valence-electron chi connectivity index (χ4n) is 4.32. The Morgan fingerprint density at radius 3 is 2.32 bits per heavy atom. The molecule has 2 rings (SSSR count). The van der Waals surface area contributed by atoms with Gasteiger partial charge in [-0.25, -0.2) is 4.79 Å². The van der Waals surface area contributed by atoms with Gasteiger partial charge in [-0.3, -0.25) is 19.2 Å². The van der Waals surface area contributed by atoms with Crippen LogP contribution in [0.2, 0.25) is 0 Å². The molecule has 0 aliphatic carbocycles. The smallest absolute Gasteiger partial charge is 0.326 e. The van der Waals surface area contributed by atoms with Crippen molar-refractivity contribution in [3.63, 3.8) is 0 Å². The highest BCUT2D eigenvalue weighted by atomic mass is 16.4. The van der Waals surface area contributed by atoms with Gasteiger partial charge in [0, 0.05) is 13.0 Å². The van der Waals surface area contributed by atoms with Crippen LogP contribution in [-0.4, -0.2) is 82.0 Å². The standard InChI is InChI=1S/C25H38N6O7/c26-12-2-1-4-19(25(37)38)30-23(35)20-5-3-13-31(20)24(36)18(10-11-21(28)33)29-22(34)17(27)14-15-6-8-16(32)9-7-15/h6-9,17-20,32H,1-5,10-14,26-27H2,(H2,28,33)(H,29,34)(H,30,35)(H,37,38). The molecule has 0 radical (unpaired) electrons. The average molecular weight is 535 g/mol. The van der Waals surface area contributed by atoms with Gasteiger partial charge in [-0.15, -0.1) is 0 Å². The molecule has 1 fully saturated rings. The summed E-state index contributed by atoms with van der Waals surface area (Å²) in [7, 11) is 0. The molecule has 13 nitrogen and oxygen atoms in total. The van der Waals surface area contributed by atoms with E-state index in [2.05, 4.69) is 10.6 Å². The molecule has 4 atom stereocenters. The third kappa shape index (κ3) is 9.30. The van der Waals surface area contributed by atoms with Gasteiger partial charge in [0.2, 0.25) is 23.6 Å². The van der Waals surface area contributed by atoms with Crippen LogP contribution >= 0.6 is 0 Å². The van der Waals surface area contributed by atoms with E-state index >= 15 is 0 Å². The van der Waals surface area contributed by atoms with Crippen LogP contribution < -0.4 is 27.8 Å². The number of likely N-dealkylation sites (tertiary alicyclic amines) is 1. The molecule has 4 unspecified atom stereocenters. The number of rotatable bonds is 15. The summed E-state index contributed by atoms with van der Waals surface area (Å²) in [4.78, 5) is 63.5. The van der Waals surface area contributed by atoms with Gasteiger partial charge in [0.1, 0.15) is 23.9 Å². The van der Waals surface area contributed by atoms with Crippen LogP contribution in [0.5, 0.6) is 5.75 Å². The van der Waals surface area contributed by atoms with Gasteiger partial charge in [0.25, 0.3) is 0 Å². The number of carboxylic acids is 1. The maximum atomic E-state index is 13.4. The van der Waals surface area contributed by atoms with Crippen LogP contribution in [0, 0.1) is 0 Å². The van der Waals surface area contributed by atoms with Crippen LogP contribution in [-0.2, 0) is 30.4 Å². The van der Waals surface area contributed by atoms with Gasteiger partial charge in [0.15, 0.2) is 0 Å². The number of primary amides is 1. The molecule has 0 aromatic heterocycles. The van der Waals surface area contributed by atoms with Gasteiger partial charge in [-0.05, 0) is 69.2 Å². The highest BCUT2D eigenvalue weighted by molar-refractivity contribution is 5.94. The second kappa shape index (κ2) is 14.9. The lowest BCUT2D eigenvalue weighted by atomic mass is 10.0. The van der Waals surface area contributed by atoms with E-state index in [0.29, 0.717) is 37.8 Å². The van der Waals surface area contributed by atoms with Crippen LogP contribution in [0.3, 0.4) is 0 Å². The van der Waals surface area contributed by atoms with Crippen molar-refractivity contribution in [1.82, 2.24) is 15.5 Å². The Hall–Kier alpha value is -3.71. The van der Waals surface area contributed by atoms with Crippen LogP contribution in [0.4, 0.5) is 0 Å². The van der Waals surface area contributed by atoms with Crippen LogP contribution in [0.1, 0.15) is 50.5 Å². The first kappa shape index (κ1) is 30.5. The van der Waals surface area contributed by atoms with Crippen molar-refractivity contribution in [2.75, 3.05) is 13.1 Å². The highest BCUT2D eigenvalue weighted by Crippen LogP contribution is 2.20. The number of benzene rings is 1. The fourth-order valence-corrected chi connectivity index (χ4v) is 4.32. The van der Waals surface area contributed by atoms with Gasteiger partial charge < -0.3 is 42.9 Å². The van der Waals surface area contributed by atoms with Crippen molar-refractivity contribution < 1.29 is 34.2 Å². The van der Waals surface area contributed by atoms with E-state index in [1.165, 1.54) is 17.0 Å². The Balaban J connectivity index is 2.10. The Bertz CT molecular complexity index is 987. The topological polar surface area (TPSA) is 231 Å². The molecule has 38 heavy (non-hydrogen) atoms. The zero-order valence-corrected chi connectivity index (χ0v) is 21.3. The number of nitrogens with two attached hydrogens (primary N) is 3. The number of hydrogen-bond donors (Lipinski definition) is 7. The maximum Gasteiger partial charge on any atom is 0.326 e. The first-order valence-electron chi connectivity index (χ1n) is 12.7. The second-order valence-corrected chi connectivity index (χ2v) is 9.42. The number of carbonyl (C=O) groups excluding carboxylic acids is 4. The number of aliphatic carboxylic acids is 1. The fraction of sp³-hybridized carbons (Fsp3) is 0.560. The quantitative estimate of drug-likeness (QED) is 0.132. The van der Waals surface area contributed by atoms with Crippen molar-refractivity contribution >= 4 is 29.6 Å². The molecule has 1 saturated heterocycles. The molecular formula is C25H38N6O7. The summed E-state index contributed by atoms with van der Waals surface area (Å²) in [5, 5.41) is 24.0. The lowest BCUT2D eigenvalue weighted by Gasteiger charge is -2.30. The van der Waals surface area contributed by atoms with E-state index in [4.69, 9.17) is 17.2 Å². The molecule has 1 heterocycles. The van der Waals surface area contributed by atoms with E-state index in [9.17, 15) is 34.2 Å². The minimum absolute atomic E-state index is 0.0679. The predicted molar refractivity (Wildman–Crippen MR) is 137 cm³/mol. The summed E-state index contributed by atoms with van der Waals surface area (Å²) < 4.78 is 0. The molecule has 0 spiro atoms. The van der Waals surface area contributed by atoms with E-state index in [0.717, 1.165) is 0 Å². The molecule has 10 N–H and O–H groups in total. The number of carboxylic acid groups (broad SMARTS) is 1. The summed E-state index contributed by atoms with van der Waals surface area (Å²) in [6, 6.07) is 1.95. The number of carbonyl (C=O) groups is 5. The Kier molecular flexibility index (Phi) is 12.0. The Morgan fingerprint density at radius 1 is 1.03 bits per heavy atom. The number of amides is 4. The molecule has 1 aliphatic rings. The monoisotopic (exact) mass is 534 g/mol. The number of phenolic OH excluding ortho intramolecular Hbond substituents is 1. The number of unbranched alkanes of at least 4 members (excludes halogenated alkanes) is 1. The lowest BCUT2D eigenvalue weighted by Crippen LogP contribution is -2.57. The number of aromatic hydroxyl groups is 1. The van der Waals surface area contributed by atoms with E-state index < -0.39 is 53.8 Å². The first-order valence-corrected chi connectivity index (χ1v) is 12.7. The Labute approximate surface area is 221 Å². The summed E-state index contributed by atoms with van der Waals surface area (Å²) in [6.07, 6.45) is 2.03. The largest absolute Gasteiger partial charge is 0.508 e. The molecule has 0 saturated carbocycles. The Morgan fingerprint density at radius 2 is 1.71 bits per heavy atom. The zero-order valence-electron chi connectivity index (χ0n) is 21.3. The van der Waals surface area contributed by atoms with E-state index in [1.807, 2.05) is 0 Å². The van der Waals surface area contributed by atoms with Gasteiger partial charge in [0.05, 0.1) is 6.04 Å². The minimum Gasteiger partial charge on any atom is -0.508 e. The number of nitrogens with one attached hydrogen (secondary N) is 2. The average Bonchev–Trinajstić information content (AvgIpc) is 3.36. The number of phenols is 1. The van der Waals surface area contributed by atoms with E-state index in [1.54, 1.807) is 12.1 Å². The highest BCUT2D eigenvalue weighted by Gasteiger charge is 2.39. The molecule has 13 heteroatoms. The molecule has 0 bridgehead atoms. The first-order chi connectivity index (χ1) is 18.0. The van der Waals surface area contributed by atoms with Crippen molar-refractivity contribution in [2.24, 2.45) is 17.2 Å². The minimum atomic E-state index is -1.18. The van der Waals surface area contributed by atoms with E-state index in [-0.39, 0.29) is 38.0 Å². The third-order valence-corrected chi connectivity index (χ3v) is 6.42. The molecular weight excluding hydrogens is 496 g/mol. The van der Waals surface area contributed by atoms with Crippen molar-refractivity contribution in [3.8, 4) is 5.75 Å². The summed E-state index contributed by atoms with van der Waals surface area (Å²) in [5.74, 6) is -3.59. The summed E-state index contributed by atoms with van der Waals surface area (Å²) in [5.41, 5.74) is 17.4. The second-order valence-electron chi connectivity index (χ2n) is 9.42. The van der Waals surface area contributed by atoms with Crippen molar-refractivity contribution in [3.05, 3.63) is 29.8 Å². The summed E-state index contributed by atoms with van der Waals surface area (Å²) >= 11 is 0. The van der Waals surface area contributed by atoms with Crippen molar-refractivity contribution in [2.45, 2.75) is 75.5 Å². The number of hydrogen-bond acceptors (Lipinski definition) is 8. The van der Waals surface area contributed by atoms with Crippen LogP contribution in [0.25, 0.3) is 0 Å². The van der Waals surface area contributed by atoms with Crippen molar-refractivity contribution in [1.29, 1.82) is 0 Å². The molecule has 210 valence electrons. The maximum absolute atomic E-state index is 13.4. The molecule has 1 aromatic rings. The van der Waals surface area contributed by atoms with Gasteiger partial charge in [-0.2, -0.15) is 0 Å². The zero-order chi connectivity index (χ0) is 28.2. The third-order valence-electron chi connectivity index (χ3n) is 6.42.